The normalized spacial score (nSPS) is 13.6. The Hall–Kier alpha value is -2.25. The Morgan fingerprint density at radius 3 is 2.57 bits per heavy atom. The van der Waals surface area contributed by atoms with Crippen molar-refractivity contribution in [1.29, 1.82) is 0 Å². The van der Waals surface area contributed by atoms with Gasteiger partial charge in [-0.05, 0) is 52.3 Å². The van der Waals surface area contributed by atoms with Gasteiger partial charge in [-0.3, -0.25) is 9.52 Å². The highest BCUT2D eigenvalue weighted by Crippen LogP contribution is 2.30. The summed E-state index contributed by atoms with van der Waals surface area (Å²) in [7, 11) is 0. The van der Waals surface area contributed by atoms with E-state index in [1.165, 1.54) is 23.3 Å². The van der Waals surface area contributed by atoms with Gasteiger partial charge in [-0.1, -0.05) is 42.3 Å². The topological polar surface area (TPSA) is 65.5 Å². The van der Waals surface area contributed by atoms with Crippen molar-refractivity contribution in [2.24, 2.45) is 0 Å². The van der Waals surface area contributed by atoms with Crippen molar-refractivity contribution < 1.29 is 9.90 Å². The molecule has 0 bridgehead atoms. The Morgan fingerprint density at radius 2 is 2.04 bits per heavy atom. The Balaban J connectivity index is 3.51. The quantitative estimate of drug-likeness (QED) is 0.305. The van der Waals surface area contributed by atoms with Crippen molar-refractivity contribution in [3.63, 3.8) is 0 Å². The molecule has 5 nitrogen and oxygen atoms in total. The van der Waals surface area contributed by atoms with Gasteiger partial charge < -0.3 is 10.0 Å². The lowest BCUT2D eigenvalue weighted by atomic mass is 10.2. The predicted octanol–water partition coefficient (Wildman–Crippen LogP) is 5.71. The Labute approximate surface area is 176 Å². The summed E-state index contributed by atoms with van der Waals surface area (Å²) >= 11 is 2.70. The average Bonchev–Trinajstić information content (AvgIpc) is 3.03. The first kappa shape index (κ1) is 23.8. The van der Waals surface area contributed by atoms with Crippen LogP contribution in [-0.4, -0.2) is 28.8 Å². The zero-order valence-corrected chi connectivity index (χ0v) is 18.9. The minimum absolute atomic E-state index is 0.197. The molecule has 0 fully saturated rings. The summed E-state index contributed by atoms with van der Waals surface area (Å²) in [6.07, 6.45) is 15.3. The largest absolute Gasteiger partial charge is 0.513 e. The van der Waals surface area contributed by atoms with Gasteiger partial charge in [-0.25, -0.2) is 4.98 Å². The standard InChI is InChI=1S/C21H29N3O2S2/c1-7-10-12-18(13-15(4)25)24(14-17(9-3)11-8-2)21-22-19(16(5)28-21)20(26)23-27-6/h7-13,25H,14H2,1-6H3,(H,23,26)/b10-7-,11-8-,15-13+,17-9+,18-12+. The number of carbonyl (C=O) groups excluding carboxylic acids is 1. The predicted molar refractivity (Wildman–Crippen MR) is 123 cm³/mol. The molecule has 0 aliphatic carbocycles. The van der Waals surface area contributed by atoms with Crippen molar-refractivity contribution in [3.05, 3.63) is 70.1 Å². The lowest BCUT2D eigenvalue weighted by Crippen LogP contribution is -2.24. The van der Waals surface area contributed by atoms with Gasteiger partial charge >= 0.3 is 0 Å². The summed E-state index contributed by atoms with van der Waals surface area (Å²) in [4.78, 5) is 19.7. The van der Waals surface area contributed by atoms with Crippen LogP contribution in [0.3, 0.4) is 0 Å². The zero-order chi connectivity index (χ0) is 21.1. The molecule has 0 spiro atoms. The lowest BCUT2D eigenvalue weighted by molar-refractivity contribution is 0.0980. The van der Waals surface area contributed by atoms with E-state index in [1.807, 2.05) is 69.1 Å². The second-order valence-corrected chi connectivity index (χ2v) is 7.68. The summed E-state index contributed by atoms with van der Waals surface area (Å²) < 4.78 is 2.73. The number of aromatic nitrogens is 1. The third kappa shape index (κ3) is 7.05. The molecule has 1 rings (SSSR count). The number of carbonyl (C=O) groups is 1. The van der Waals surface area contributed by atoms with E-state index in [4.69, 9.17) is 0 Å². The van der Waals surface area contributed by atoms with E-state index in [0.717, 1.165) is 16.1 Å². The molecule has 0 aliphatic heterocycles. The first-order chi connectivity index (χ1) is 13.4. The molecule has 0 radical (unpaired) electrons. The monoisotopic (exact) mass is 419 g/mol. The third-order valence-electron chi connectivity index (χ3n) is 3.65. The maximum atomic E-state index is 12.3. The van der Waals surface area contributed by atoms with Gasteiger partial charge in [0.1, 0.15) is 5.69 Å². The van der Waals surface area contributed by atoms with Gasteiger partial charge in [0.05, 0.1) is 12.3 Å². The molecule has 1 aromatic heterocycles. The van der Waals surface area contributed by atoms with Crippen LogP contribution in [0.2, 0.25) is 0 Å². The van der Waals surface area contributed by atoms with Gasteiger partial charge in [0.15, 0.2) is 5.13 Å². The number of hydrogen-bond acceptors (Lipinski definition) is 6. The van der Waals surface area contributed by atoms with Crippen molar-refractivity contribution >= 4 is 34.3 Å². The summed E-state index contributed by atoms with van der Waals surface area (Å²) in [5.74, 6) is -0.0116. The van der Waals surface area contributed by atoms with Crippen molar-refractivity contribution in [3.8, 4) is 0 Å². The van der Waals surface area contributed by atoms with Crippen LogP contribution in [0.4, 0.5) is 5.13 Å². The first-order valence-electron chi connectivity index (χ1n) is 8.94. The van der Waals surface area contributed by atoms with Gasteiger partial charge in [0.25, 0.3) is 5.91 Å². The molecule has 152 valence electrons. The lowest BCUT2D eigenvalue weighted by Gasteiger charge is -2.24. The summed E-state index contributed by atoms with van der Waals surface area (Å²) in [6, 6.07) is 0. The number of rotatable bonds is 9. The third-order valence-corrected chi connectivity index (χ3v) is 5.03. The fraction of sp³-hybridized carbons (Fsp3) is 0.333. The highest BCUT2D eigenvalue weighted by Gasteiger charge is 2.21. The summed E-state index contributed by atoms with van der Waals surface area (Å²) in [5.41, 5.74) is 2.30. The van der Waals surface area contributed by atoms with Crippen LogP contribution in [0, 0.1) is 6.92 Å². The van der Waals surface area contributed by atoms with E-state index in [0.29, 0.717) is 17.4 Å². The number of nitrogens with one attached hydrogen (secondary N) is 1. The molecule has 1 heterocycles. The fourth-order valence-corrected chi connectivity index (χ4v) is 3.59. The van der Waals surface area contributed by atoms with Gasteiger partial charge in [-0.2, -0.15) is 0 Å². The Morgan fingerprint density at radius 1 is 1.32 bits per heavy atom. The number of nitrogens with zero attached hydrogens (tertiary/aromatic N) is 2. The van der Waals surface area contributed by atoms with E-state index in [-0.39, 0.29) is 11.7 Å². The van der Waals surface area contributed by atoms with Crippen LogP contribution in [0.1, 0.15) is 43.1 Å². The van der Waals surface area contributed by atoms with E-state index < -0.39 is 0 Å². The molecular weight excluding hydrogens is 390 g/mol. The minimum atomic E-state index is -0.208. The molecule has 1 aromatic rings. The van der Waals surface area contributed by atoms with Gasteiger partial charge in [0, 0.05) is 16.8 Å². The van der Waals surface area contributed by atoms with Crippen LogP contribution >= 0.6 is 23.3 Å². The van der Waals surface area contributed by atoms with E-state index in [9.17, 15) is 9.90 Å². The van der Waals surface area contributed by atoms with Crippen LogP contribution in [-0.2, 0) is 0 Å². The second-order valence-electron chi connectivity index (χ2n) is 5.89. The SMILES string of the molecule is C\C=C/C=C(\C=C(/C)O)N(CC(/C=C\C)=C/C)c1nc(C(=O)NSC)c(C)s1. The molecular formula is C21H29N3O2S2. The number of thiazole rings is 1. The smallest absolute Gasteiger partial charge is 0.280 e. The number of anilines is 1. The maximum absolute atomic E-state index is 12.3. The fourth-order valence-electron chi connectivity index (χ4n) is 2.38. The van der Waals surface area contributed by atoms with Crippen molar-refractivity contribution in [1.82, 2.24) is 9.71 Å². The Bertz CT molecular complexity index is 814. The molecule has 0 saturated heterocycles. The van der Waals surface area contributed by atoms with Crippen molar-refractivity contribution in [2.45, 2.75) is 34.6 Å². The minimum Gasteiger partial charge on any atom is -0.513 e. The summed E-state index contributed by atoms with van der Waals surface area (Å²) in [6.45, 7) is 9.98. The molecule has 7 heteroatoms. The van der Waals surface area contributed by atoms with Gasteiger partial charge in [0.2, 0.25) is 0 Å². The molecule has 0 unspecified atom stereocenters. The van der Waals surface area contributed by atoms with Crippen molar-refractivity contribution in [2.75, 3.05) is 17.7 Å². The Kier molecular flexibility index (Phi) is 10.4. The highest BCUT2D eigenvalue weighted by molar-refractivity contribution is 7.97. The number of hydrogen-bond donors (Lipinski definition) is 2. The first-order valence-corrected chi connectivity index (χ1v) is 11.0. The van der Waals surface area contributed by atoms with Crippen LogP contribution in [0.25, 0.3) is 0 Å². The van der Waals surface area contributed by atoms with E-state index in [1.54, 1.807) is 19.3 Å². The zero-order valence-electron chi connectivity index (χ0n) is 17.3. The second kappa shape index (κ2) is 12.3. The number of aliphatic hydroxyl groups is 1. The highest BCUT2D eigenvalue weighted by atomic mass is 32.2. The van der Waals surface area contributed by atoms with Crippen LogP contribution in [0.5, 0.6) is 0 Å². The molecule has 28 heavy (non-hydrogen) atoms. The van der Waals surface area contributed by atoms with Crippen LogP contribution in [0.15, 0.2) is 59.6 Å². The summed E-state index contributed by atoms with van der Waals surface area (Å²) in [5, 5.41) is 10.6. The molecule has 2 N–H and O–H groups in total. The molecule has 1 amide bonds. The van der Waals surface area contributed by atoms with Crippen LogP contribution < -0.4 is 9.62 Å². The molecule has 0 aromatic carbocycles. The van der Waals surface area contributed by atoms with Gasteiger partial charge in [-0.15, -0.1) is 11.3 Å². The number of amides is 1. The number of allylic oxidation sites excluding steroid dienone is 7. The number of aliphatic hydroxyl groups excluding tert-OH is 1. The molecule has 0 atom stereocenters. The van der Waals surface area contributed by atoms with E-state index in [2.05, 4.69) is 9.71 Å². The molecule has 0 aliphatic rings. The molecule has 0 saturated carbocycles. The number of aryl methyl sites for hydroxylation is 1. The average molecular weight is 420 g/mol. The van der Waals surface area contributed by atoms with E-state index >= 15 is 0 Å². The maximum Gasteiger partial charge on any atom is 0.280 e.